The van der Waals surface area contributed by atoms with E-state index >= 15 is 0 Å². The smallest absolute Gasteiger partial charge is 0.490 e. The number of para-hydroxylation sites is 1. The van der Waals surface area contributed by atoms with Crippen molar-refractivity contribution in [3.8, 4) is 17.1 Å². The van der Waals surface area contributed by atoms with Crippen molar-refractivity contribution in [2.75, 3.05) is 19.7 Å². The highest BCUT2D eigenvalue weighted by Crippen LogP contribution is 2.24. The first-order valence-corrected chi connectivity index (χ1v) is 13.5. The number of carboxylic acid groups (broad SMARTS) is 2. The topological polar surface area (TPSA) is 153 Å². The van der Waals surface area contributed by atoms with Crippen LogP contribution in [0.15, 0.2) is 71.5 Å². The average molecular weight is 704 g/mol. The number of carboxylic acids is 2. The highest BCUT2D eigenvalue weighted by atomic mass is 79.9. The number of H-pyrrole nitrogens is 2. The number of rotatable bonds is 8. The van der Waals surface area contributed by atoms with Gasteiger partial charge in [0.25, 0.3) is 0 Å². The predicted octanol–water partition coefficient (Wildman–Crippen LogP) is 6.35. The lowest BCUT2D eigenvalue weighted by molar-refractivity contribution is -0.193. The van der Waals surface area contributed by atoms with Crippen LogP contribution in [0.3, 0.4) is 0 Å². The summed E-state index contributed by atoms with van der Waals surface area (Å²) < 4.78 is 70.2. The normalized spacial score (nSPS) is 11.4. The number of aromatic amines is 2. The number of pyridine rings is 1. The summed E-state index contributed by atoms with van der Waals surface area (Å²) in [6.07, 6.45) is -5.32. The molecule has 45 heavy (non-hydrogen) atoms. The largest absolute Gasteiger partial charge is 0.492 e. The number of hydrogen-bond donors (Lipinski definition) is 5. The van der Waals surface area contributed by atoms with E-state index in [-0.39, 0.29) is 0 Å². The first-order chi connectivity index (χ1) is 21.1. The summed E-state index contributed by atoms with van der Waals surface area (Å²) in [6, 6.07) is 18.3. The summed E-state index contributed by atoms with van der Waals surface area (Å²) in [5, 5.41) is 19.0. The SMILES string of the molecule is Brc1cnc2[nH]c(-c3ccc(OCCNCCc4c[nH]c5ccccc45)cc3)nc2c1.O=C(O)C(F)(F)F.O=C(O)C(F)(F)F. The van der Waals surface area contributed by atoms with Gasteiger partial charge in [-0.1, -0.05) is 18.2 Å². The second-order valence-electron chi connectivity index (χ2n) is 8.94. The van der Waals surface area contributed by atoms with E-state index in [9.17, 15) is 26.3 Å². The van der Waals surface area contributed by atoms with Crippen LogP contribution in [0.1, 0.15) is 5.56 Å². The van der Waals surface area contributed by atoms with Crippen LogP contribution in [0.25, 0.3) is 33.5 Å². The van der Waals surface area contributed by atoms with Crippen LogP contribution < -0.4 is 10.1 Å². The van der Waals surface area contributed by atoms with Crippen LogP contribution in [0, 0.1) is 0 Å². The Morgan fingerprint density at radius 3 is 2.18 bits per heavy atom. The number of hydrogen-bond acceptors (Lipinski definition) is 6. The van der Waals surface area contributed by atoms with Gasteiger partial charge in [-0.2, -0.15) is 26.3 Å². The summed E-state index contributed by atoms with van der Waals surface area (Å²) in [5.41, 5.74) is 5.14. The van der Waals surface area contributed by atoms with Gasteiger partial charge >= 0.3 is 24.3 Å². The molecular formula is C28H24BrF6N5O5. The maximum absolute atomic E-state index is 10.6. The van der Waals surface area contributed by atoms with E-state index in [1.54, 1.807) is 6.20 Å². The second kappa shape index (κ2) is 15.4. The summed E-state index contributed by atoms with van der Waals surface area (Å²) in [4.78, 5) is 33.3. The lowest BCUT2D eigenvalue weighted by Crippen LogP contribution is -2.23. The van der Waals surface area contributed by atoms with E-state index in [0.29, 0.717) is 6.61 Å². The Morgan fingerprint density at radius 2 is 1.56 bits per heavy atom. The Labute approximate surface area is 258 Å². The lowest BCUT2D eigenvalue weighted by Gasteiger charge is -2.08. The molecule has 0 atom stereocenters. The van der Waals surface area contributed by atoms with Crippen molar-refractivity contribution >= 4 is 49.9 Å². The van der Waals surface area contributed by atoms with Gasteiger partial charge in [-0.05, 0) is 70.9 Å². The number of alkyl halides is 6. The zero-order chi connectivity index (χ0) is 33.2. The quantitative estimate of drug-likeness (QED) is 0.0927. The molecule has 0 saturated carbocycles. The number of halogens is 7. The summed E-state index contributed by atoms with van der Waals surface area (Å²) >= 11 is 3.43. The molecule has 0 bridgehead atoms. The number of aliphatic carboxylic acids is 2. The van der Waals surface area contributed by atoms with Crippen LogP contribution >= 0.6 is 15.9 Å². The van der Waals surface area contributed by atoms with E-state index in [2.05, 4.69) is 71.6 Å². The van der Waals surface area contributed by atoms with Gasteiger partial charge in [0.15, 0.2) is 5.65 Å². The van der Waals surface area contributed by atoms with Crippen molar-refractivity contribution in [1.82, 2.24) is 25.3 Å². The molecule has 5 aromatic rings. The summed E-state index contributed by atoms with van der Waals surface area (Å²) in [5.74, 6) is -3.87. The standard InChI is InChI=1S/C24H22BrN5O.2C2HF3O2/c25-18-13-22-24(28-15-18)30-23(29-22)16-5-7-19(8-6-16)31-12-11-26-10-9-17-14-27-21-4-2-1-3-20(17)21;2*3-2(4,5)1(6)7/h1-8,13-15,26-27H,9-12H2,(H,28,29,30);2*(H,6,7). The van der Waals surface area contributed by atoms with E-state index < -0.39 is 24.3 Å². The maximum Gasteiger partial charge on any atom is 0.490 e. The van der Waals surface area contributed by atoms with Gasteiger partial charge in [-0.15, -0.1) is 0 Å². The van der Waals surface area contributed by atoms with Gasteiger partial charge in [-0.3, -0.25) is 0 Å². The second-order valence-corrected chi connectivity index (χ2v) is 9.86. The van der Waals surface area contributed by atoms with E-state index in [1.165, 1.54) is 16.5 Å². The van der Waals surface area contributed by atoms with Crippen LogP contribution in [-0.4, -0.2) is 74.1 Å². The van der Waals surface area contributed by atoms with Crippen molar-refractivity contribution in [2.24, 2.45) is 0 Å². The fraction of sp³-hybridized carbons (Fsp3) is 0.214. The van der Waals surface area contributed by atoms with Crippen molar-refractivity contribution < 1.29 is 50.9 Å². The van der Waals surface area contributed by atoms with Crippen molar-refractivity contribution in [3.63, 3.8) is 0 Å². The van der Waals surface area contributed by atoms with E-state index in [0.717, 1.165) is 52.3 Å². The van der Waals surface area contributed by atoms with Crippen LogP contribution in [0.4, 0.5) is 26.3 Å². The van der Waals surface area contributed by atoms with Crippen molar-refractivity contribution in [1.29, 1.82) is 0 Å². The van der Waals surface area contributed by atoms with Crippen LogP contribution in [0.5, 0.6) is 5.75 Å². The van der Waals surface area contributed by atoms with Gasteiger partial charge in [0.1, 0.15) is 23.7 Å². The van der Waals surface area contributed by atoms with Crippen LogP contribution in [-0.2, 0) is 16.0 Å². The Morgan fingerprint density at radius 1 is 0.933 bits per heavy atom. The molecule has 3 heterocycles. The average Bonchev–Trinajstić information content (AvgIpc) is 3.59. The van der Waals surface area contributed by atoms with Crippen molar-refractivity contribution in [3.05, 3.63) is 77.0 Å². The maximum atomic E-state index is 10.6. The number of ether oxygens (including phenoxy) is 1. The highest BCUT2D eigenvalue weighted by Gasteiger charge is 2.38. The third kappa shape index (κ3) is 10.8. The molecule has 0 spiro atoms. The fourth-order valence-corrected chi connectivity index (χ4v) is 3.96. The zero-order valence-electron chi connectivity index (χ0n) is 22.8. The zero-order valence-corrected chi connectivity index (χ0v) is 24.4. The molecule has 0 radical (unpaired) electrons. The minimum atomic E-state index is -5.08. The first kappa shape index (κ1) is 34.8. The summed E-state index contributed by atoms with van der Waals surface area (Å²) in [6.45, 7) is 2.34. The monoisotopic (exact) mass is 703 g/mol. The molecule has 0 amide bonds. The fourth-order valence-electron chi connectivity index (χ4n) is 3.64. The Hall–Kier alpha value is -4.64. The Kier molecular flexibility index (Phi) is 11.9. The highest BCUT2D eigenvalue weighted by molar-refractivity contribution is 9.10. The van der Waals surface area contributed by atoms with Crippen molar-refractivity contribution in [2.45, 2.75) is 18.8 Å². The number of carbonyl (C=O) groups is 2. The van der Waals surface area contributed by atoms with Gasteiger partial charge in [-0.25, -0.2) is 19.6 Å². The molecule has 0 aliphatic heterocycles. The van der Waals surface area contributed by atoms with Gasteiger partial charge < -0.3 is 30.2 Å². The number of nitrogens with zero attached hydrogens (tertiary/aromatic N) is 2. The van der Waals surface area contributed by atoms with E-state index in [4.69, 9.17) is 24.5 Å². The number of benzene rings is 2. The van der Waals surface area contributed by atoms with E-state index in [1.807, 2.05) is 30.3 Å². The molecule has 5 N–H and O–H groups in total. The molecule has 3 aromatic heterocycles. The molecule has 0 saturated heterocycles. The molecular weight excluding hydrogens is 680 g/mol. The third-order valence-corrected chi connectivity index (χ3v) is 6.14. The third-order valence-electron chi connectivity index (χ3n) is 5.71. The molecule has 0 fully saturated rings. The van der Waals surface area contributed by atoms with Crippen LogP contribution in [0.2, 0.25) is 0 Å². The number of nitrogens with one attached hydrogen (secondary N) is 3. The number of imidazole rings is 1. The predicted molar refractivity (Wildman–Crippen MR) is 155 cm³/mol. The van der Waals surface area contributed by atoms with Gasteiger partial charge in [0.2, 0.25) is 0 Å². The van der Waals surface area contributed by atoms with Gasteiger partial charge in [0, 0.05) is 39.9 Å². The minimum absolute atomic E-state index is 0.621. The molecule has 10 nitrogen and oxygen atoms in total. The molecule has 17 heteroatoms. The first-order valence-electron chi connectivity index (χ1n) is 12.8. The number of aromatic nitrogens is 4. The lowest BCUT2D eigenvalue weighted by atomic mass is 10.1. The Balaban J connectivity index is 0.000000331. The molecule has 0 aliphatic rings. The minimum Gasteiger partial charge on any atom is -0.492 e. The molecule has 0 aliphatic carbocycles. The summed E-state index contributed by atoms with van der Waals surface area (Å²) in [7, 11) is 0. The number of fused-ring (bicyclic) bond motifs is 2. The molecule has 240 valence electrons. The molecule has 2 aromatic carbocycles. The molecule has 0 unspecified atom stereocenters. The molecule has 5 rings (SSSR count). The van der Waals surface area contributed by atoms with Gasteiger partial charge in [0.05, 0.1) is 0 Å². The Bertz CT molecular complexity index is 1700.